The molecule has 8 heteroatoms. The largest absolute Gasteiger partial charge is 0.496 e. The normalized spacial score (nSPS) is 11.2. The number of hydrogen-bond acceptors (Lipinski definition) is 7. The molecule has 3 heterocycles. The molecule has 0 fully saturated rings. The van der Waals surface area contributed by atoms with Gasteiger partial charge in [0, 0.05) is 23.3 Å². The summed E-state index contributed by atoms with van der Waals surface area (Å²) in [4.78, 5) is 9.02. The number of rotatable bonds is 5. The Hall–Kier alpha value is -2.87. The van der Waals surface area contributed by atoms with Crippen LogP contribution < -0.4 is 4.74 Å². The Morgan fingerprint density at radius 2 is 2.00 bits per heavy atom. The van der Waals surface area contributed by atoms with Crippen LogP contribution in [0.4, 0.5) is 0 Å². The number of hydrogen-bond donors (Lipinski definition) is 0. The summed E-state index contributed by atoms with van der Waals surface area (Å²) in [6, 6.07) is 9.58. The molecule has 0 N–H and O–H groups in total. The molecule has 132 valence electrons. The standard InChI is InChI=1S/C18H17N5O2S/c1-11-8-12(2)23-9-13(20-17(23)19-11)10-26-18-22-21-16(25-18)14-6-4-5-7-15(14)24-3/h4-9H,10H2,1-3H3. The van der Waals surface area contributed by atoms with Gasteiger partial charge in [0.05, 0.1) is 18.4 Å². The van der Waals surface area contributed by atoms with E-state index in [1.807, 2.05) is 54.8 Å². The van der Waals surface area contributed by atoms with E-state index in [1.165, 1.54) is 11.8 Å². The van der Waals surface area contributed by atoms with E-state index in [1.54, 1.807) is 7.11 Å². The molecule has 0 bridgehead atoms. The van der Waals surface area contributed by atoms with Crippen LogP contribution in [0.15, 0.2) is 46.2 Å². The van der Waals surface area contributed by atoms with E-state index < -0.39 is 0 Å². The molecule has 0 saturated heterocycles. The first-order chi connectivity index (χ1) is 12.6. The quantitative estimate of drug-likeness (QED) is 0.498. The summed E-state index contributed by atoms with van der Waals surface area (Å²) >= 11 is 1.44. The van der Waals surface area contributed by atoms with Crippen LogP contribution in [-0.4, -0.2) is 31.7 Å². The molecule has 0 atom stereocenters. The monoisotopic (exact) mass is 367 g/mol. The van der Waals surface area contributed by atoms with Gasteiger partial charge in [-0.2, -0.15) is 0 Å². The van der Waals surface area contributed by atoms with Crippen LogP contribution >= 0.6 is 11.8 Å². The summed E-state index contributed by atoms with van der Waals surface area (Å²) in [6.45, 7) is 4.01. The van der Waals surface area contributed by atoms with Crippen molar-refractivity contribution in [1.82, 2.24) is 24.6 Å². The van der Waals surface area contributed by atoms with Gasteiger partial charge in [-0.25, -0.2) is 9.97 Å². The molecular weight excluding hydrogens is 350 g/mol. The number of para-hydroxylation sites is 1. The lowest BCUT2D eigenvalue weighted by Gasteiger charge is -2.03. The van der Waals surface area contributed by atoms with Gasteiger partial charge in [-0.1, -0.05) is 23.9 Å². The third kappa shape index (κ3) is 3.15. The van der Waals surface area contributed by atoms with E-state index in [0.717, 1.165) is 22.6 Å². The molecule has 0 amide bonds. The van der Waals surface area contributed by atoms with Crippen molar-refractivity contribution < 1.29 is 9.15 Å². The number of aryl methyl sites for hydroxylation is 2. The molecule has 0 radical (unpaired) electrons. The van der Waals surface area contributed by atoms with Gasteiger partial charge in [-0.3, -0.25) is 4.40 Å². The van der Waals surface area contributed by atoms with E-state index >= 15 is 0 Å². The molecule has 4 rings (SSSR count). The number of benzene rings is 1. The maximum absolute atomic E-state index is 5.76. The average molecular weight is 367 g/mol. The molecule has 0 spiro atoms. The maximum Gasteiger partial charge on any atom is 0.277 e. The van der Waals surface area contributed by atoms with E-state index in [4.69, 9.17) is 9.15 Å². The highest BCUT2D eigenvalue weighted by Crippen LogP contribution is 2.31. The van der Waals surface area contributed by atoms with Gasteiger partial charge in [-0.05, 0) is 32.0 Å². The molecule has 0 aliphatic carbocycles. The van der Waals surface area contributed by atoms with Gasteiger partial charge >= 0.3 is 0 Å². The Morgan fingerprint density at radius 3 is 2.85 bits per heavy atom. The van der Waals surface area contributed by atoms with Crippen molar-refractivity contribution in [3.63, 3.8) is 0 Å². The van der Waals surface area contributed by atoms with Crippen molar-refractivity contribution in [2.24, 2.45) is 0 Å². The number of imidazole rings is 1. The predicted octanol–water partition coefficient (Wildman–Crippen LogP) is 3.70. The van der Waals surface area contributed by atoms with Gasteiger partial charge in [0.1, 0.15) is 5.75 Å². The van der Waals surface area contributed by atoms with Crippen LogP contribution in [0, 0.1) is 13.8 Å². The molecule has 0 saturated carbocycles. The summed E-state index contributed by atoms with van der Waals surface area (Å²) in [6.07, 6.45) is 1.99. The zero-order valence-electron chi connectivity index (χ0n) is 14.6. The van der Waals surface area contributed by atoms with Gasteiger partial charge in [0.15, 0.2) is 0 Å². The summed E-state index contributed by atoms with van der Waals surface area (Å²) in [7, 11) is 1.62. The predicted molar refractivity (Wildman–Crippen MR) is 98.3 cm³/mol. The van der Waals surface area contributed by atoms with Gasteiger partial charge < -0.3 is 9.15 Å². The fraction of sp³-hybridized carbons (Fsp3) is 0.222. The molecule has 0 aliphatic rings. The van der Waals surface area contributed by atoms with Crippen molar-refractivity contribution >= 4 is 17.5 Å². The van der Waals surface area contributed by atoms with Gasteiger partial charge in [0.25, 0.3) is 11.1 Å². The zero-order chi connectivity index (χ0) is 18.1. The van der Waals surface area contributed by atoms with Crippen molar-refractivity contribution in [1.29, 1.82) is 0 Å². The topological polar surface area (TPSA) is 78.3 Å². The van der Waals surface area contributed by atoms with Crippen LogP contribution in [-0.2, 0) is 5.75 Å². The Balaban J connectivity index is 1.52. The van der Waals surface area contributed by atoms with Crippen LogP contribution in [0.2, 0.25) is 0 Å². The second kappa shape index (κ2) is 6.80. The Kier molecular flexibility index (Phi) is 4.34. The maximum atomic E-state index is 5.76. The molecule has 3 aromatic heterocycles. The molecule has 26 heavy (non-hydrogen) atoms. The smallest absolute Gasteiger partial charge is 0.277 e. The molecule has 7 nitrogen and oxygen atoms in total. The van der Waals surface area contributed by atoms with Crippen LogP contribution in [0.1, 0.15) is 17.1 Å². The van der Waals surface area contributed by atoms with Gasteiger partial charge in [0.2, 0.25) is 5.78 Å². The zero-order valence-corrected chi connectivity index (χ0v) is 15.4. The average Bonchev–Trinajstić information content (AvgIpc) is 3.26. The summed E-state index contributed by atoms with van der Waals surface area (Å²) in [5.41, 5.74) is 3.75. The number of methoxy groups -OCH3 is 1. The first-order valence-electron chi connectivity index (χ1n) is 8.06. The number of thioether (sulfide) groups is 1. The second-order valence-corrected chi connectivity index (χ2v) is 6.73. The minimum atomic E-state index is 0.438. The molecular formula is C18H17N5O2S. The Labute approximate surface area is 154 Å². The Bertz CT molecular complexity index is 1070. The fourth-order valence-corrected chi connectivity index (χ4v) is 3.37. The van der Waals surface area contributed by atoms with Crippen molar-refractivity contribution in [3.8, 4) is 17.2 Å². The summed E-state index contributed by atoms with van der Waals surface area (Å²) in [5, 5.41) is 8.72. The number of fused-ring (bicyclic) bond motifs is 1. The van der Waals surface area contributed by atoms with Crippen molar-refractivity contribution in [3.05, 3.63) is 53.6 Å². The SMILES string of the molecule is COc1ccccc1-c1nnc(SCc2cn3c(C)cc(C)nc3n2)o1. The molecule has 1 aromatic carbocycles. The lowest BCUT2D eigenvalue weighted by Crippen LogP contribution is -1.94. The third-order valence-corrected chi connectivity index (χ3v) is 4.75. The highest BCUT2D eigenvalue weighted by atomic mass is 32.2. The highest BCUT2D eigenvalue weighted by molar-refractivity contribution is 7.98. The number of aromatic nitrogens is 5. The van der Waals surface area contributed by atoms with Crippen LogP contribution in [0.5, 0.6) is 5.75 Å². The third-order valence-electron chi connectivity index (χ3n) is 3.90. The van der Waals surface area contributed by atoms with Gasteiger partial charge in [-0.15, -0.1) is 10.2 Å². The van der Waals surface area contributed by atoms with Crippen molar-refractivity contribution in [2.75, 3.05) is 7.11 Å². The Morgan fingerprint density at radius 1 is 1.15 bits per heavy atom. The summed E-state index contributed by atoms with van der Waals surface area (Å²) in [5.74, 6) is 2.46. The lowest BCUT2D eigenvalue weighted by atomic mass is 10.2. The lowest BCUT2D eigenvalue weighted by molar-refractivity contribution is 0.411. The van der Waals surface area contributed by atoms with E-state index in [0.29, 0.717) is 28.4 Å². The first kappa shape index (κ1) is 16.6. The second-order valence-electron chi connectivity index (χ2n) is 5.80. The first-order valence-corrected chi connectivity index (χ1v) is 9.04. The molecule has 4 aromatic rings. The van der Waals surface area contributed by atoms with Crippen LogP contribution in [0.25, 0.3) is 17.2 Å². The minimum absolute atomic E-state index is 0.438. The van der Waals surface area contributed by atoms with E-state index in [9.17, 15) is 0 Å². The fourth-order valence-electron chi connectivity index (χ4n) is 2.72. The summed E-state index contributed by atoms with van der Waals surface area (Å²) < 4.78 is 13.1. The number of ether oxygens (including phenoxy) is 1. The van der Waals surface area contributed by atoms with Crippen LogP contribution in [0.3, 0.4) is 0 Å². The van der Waals surface area contributed by atoms with E-state index in [-0.39, 0.29) is 0 Å². The minimum Gasteiger partial charge on any atom is -0.496 e. The van der Waals surface area contributed by atoms with Crippen molar-refractivity contribution in [2.45, 2.75) is 24.8 Å². The van der Waals surface area contributed by atoms with E-state index in [2.05, 4.69) is 20.2 Å². The molecule has 0 aliphatic heterocycles. The highest BCUT2D eigenvalue weighted by Gasteiger charge is 2.14. The molecule has 0 unspecified atom stereocenters. The number of nitrogens with zero attached hydrogens (tertiary/aromatic N) is 5.